The van der Waals surface area contributed by atoms with Crippen LogP contribution in [0.1, 0.15) is 39.3 Å². The van der Waals surface area contributed by atoms with E-state index in [1.54, 1.807) is 32.0 Å². The lowest BCUT2D eigenvalue weighted by molar-refractivity contribution is 0.380. The zero-order valence-corrected chi connectivity index (χ0v) is 14.1. The Morgan fingerprint density at radius 2 is 1.76 bits per heavy atom. The topological polar surface area (TPSA) is 49.4 Å². The van der Waals surface area contributed by atoms with E-state index >= 15 is 0 Å². The van der Waals surface area contributed by atoms with Crippen molar-refractivity contribution in [2.45, 2.75) is 45.0 Å². The lowest BCUT2D eigenvalue weighted by atomic mass is 10.1. The van der Waals surface area contributed by atoms with Crippen LogP contribution >= 0.6 is 0 Å². The summed E-state index contributed by atoms with van der Waals surface area (Å²) < 4.78 is 40.1. The number of nitrogens with one attached hydrogen (secondary N) is 1. The molecule has 0 radical (unpaired) electrons. The average molecular weight is 316 g/mol. The molecule has 1 aromatic rings. The summed E-state index contributed by atoms with van der Waals surface area (Å²) in [4.78, 5) is 0. The molecule has 1 rings (SSSR count). The summed E-state index contributed by atoms with van der Waals surface area (Å²) in [6.45, 7) is 7.65. The predicted molar refractivity (Wildman–Crippen MR) is 84.1 cm³/mol. The fourth-order valence-corrected chi connectivity index (χ4v) is 3.45. The van der Waals surface area contributed by atoms with E-state index in [9.17, 15) is 12.8 Å². The molecule has 0 bridgehead atoms. The van der Waals surface area contributed by atoms with Crippen molar-refractivity contribution >= 4 is 10.0 Å². The summed E-state index contributed by atoms with van der Waals surface area (Å²) >= 11 is 0. The van der Waals surface area contributed by atoms with Crippen molar-refractivity contribution in [2.24, 2.45) is 0 Å². The molecular weight excluding hydrogens is 291 g/mol. The first-order valence-electron chi connectivity index (χ1n) is 7.12. The van der Waals surface area contributed by atoms with E-state index in [0.29, 0.717) is 12.1 Å². The minimum Gasteiger partial charge on any atom is -0.313 e. The summed E-state index contributed by atoms with van der Waals surface area (Å²) in [5.74, 6) is -0.389. The zero-order chi connectivity index (χ0) is 16.2. The third-order valence-corrected chi connectivity index (χ3v) is 5.93. The molecule has 0 amide bonds. The summed E-state index contributed by atoms with van der Waals surface area (Å²) in [7, 11) is -2.00. The molecule has 0 saturated carbocycles. The predicted octanol–water partition coefficient (Wildman–Crippen LogP) is 2.53. The van der Waals surface area contributed by atoms with Gasteiger partial charge in [-0.2, -0.15) is 4.31 Å². The van der Waals surface area contributed by atoms with Crippen molar-refractivity contribution in [3.63, 3.8) is 0 Å². The van der Waals surface area contributed by atoms with Gasteiger partial charge in [-0.15, -0.1) is 0 Å². The highest BCUT2D eigenvalue weighted by Gasteiger charge is 2.30. The normalized spacial score (nSPS) is 15.4. The molecule has 0 spiro atoms. The number of hydrogen-bond acceptors (Lipinski definition) is 3. The molecule has 0 fully saturated rings. The first kappa shape index (κ1) is 18.1. The Morgan fingerprint density at radius 3 is 2.29 bits per heavy atom. The largest absolute Gasteiger partial charge is 0.313 e. The van der Waals surface area contributed by atoms with Crippen LogP contribution in [0.4, 0.5) is 4.39 Å². The lowest BCUT2D eigenvalue weighted by Gasteiger charge is -2.28. The van der Waals surface area contributed by atoms with Crippen LogP contribution in [0.3, 0.4) is 0 Å². The van der Waals surface area contributed by atoms with Gasteiger partial charge in [-0.1, -0.05) is 32.0 Å². The molecule has 21 heavy (non-hydrogen) atoms. The third-order valence-electron chi connectivity index (χ3n) is 3.62. The highest BCUT2D eigenvalue weighted by atomic mass is 32.2. The Balaban J connectivity index is 2.90. The summed E-state index contributed by atoms with van der Waals surface area (Å²) in [6.07, 6.45) is 0. The van der Waals surface area contributed by atoms with Crippen LogP contribution in [0.15, 0.2) is 24.3 Å². The van der Waals surface area contributed by atoms with Gasteiger partial charge in [0.25, 0.3) is 0 Å². The van der Waals surface area contributed by atoms with E-state index in [1.807, 2.05) is 13.8 Å². The van der Waals surface area contributed by atoms with Crippen LogP contribution in [0.25, 0.3) is 0 Å². The van der Waals surface area contributed by atoms with Gasteiger partial charge in [0.1, 0.15) is 5.82 Å². The standard InChI is InChI=1S/C15H25FN2O2S/c1-11(2)17-10-12(3)21(19,20)18(5)13(4)14-8-6-7-9-15(14)16/h6-9,11-13,17H,10H2,1-5H3. The fourth-order valence-electron chi connectivity index (χ4n) is 2.02. The molecule has 0 aliphatic heterocycles. The molecule has 2 unspecified atom stereocenters. The first-order valence-corrected chi connectivity index (χ1v) is 8.63. The molecular formula is C15H25FN2O2S. The van der Waals surface area contributed by atoms with Crippen molar-refractivity contribution in [3.8, 4) is 0 Å². The molecule has 120 valence electrons. The Bertz CT molecular complexity index is 561. The van der Waals surface area contributed by atoms with E-state index in [-0.39, 0.29) is 11.9 Å². The molecule has 4 nitrogen and oxygen atoms in total. The second kappa shape index (κ2) is 7.33. The summed E-state index contributed by atoms with van der Waals surface area (Å²) in [5.41, 5.74) is 0.382. The van der Waals surface area contributed by atoms with Gasteiger partial charge in [0.15, 0.2) is 0 Å². The van der Waals surface area contributed by atoms with Gasteiger partial charge in [-0.05, 0) is 19.9 Å². The maximum absolute atomic E-state index is 13.8. The fraction of sp³-hybridized carbons (Fsp3) is 0.600. The van der Waals surface area contributed by atoms with Crippen LogP contribution in [-0.4, -0.2) is 37.6 Å². The minimum absolute atomic E-state index is 0.219. The highest BCUT2D eigenvalue weighted by Crippen LogP contribution is 2.25. The Kier molecular flexibility index (Phi) is 6.31. The molecule has 1 N–H and O–H groups in total. The zero-order valence-electron chi connectivity index (χ0n) is 13.3. The quantitative estimate of drug-likeness (QED) is 0.841. The van der Waals surface area contributed by atoms with E-state index in [0.717, 1.165) is 0 Å². The van der Waals surface area contributed by atoms with Gasteiger partial charge in [0, 0.05) is 31.2 Å². The second-order valence-corrected chi connectivity index (χ2v) is 8.04. The van der Waals surface area contributed by atoms with E-state index in [1.165, 1.54) is 17.4 Å². The molecule has 0 aliphatic carbocycles. The van der Waals surface area contributed by atoms with Crippen molar-refractivity contribution in [1.29, 1.82) is 0 Å². The maximum Gasteiger partial charge on any atom is 0.218 e. The number of benzene rings is 1. The van der Waals surface area contributed by atoms with Gasteiger partial charge < -0.3 is 5.32 Å². The number of halogens is 1. The van der Waals surface area contributed by atoms with Gasteiger partial charge in [-0.25, -0.2) is 12.8 Å². The number of sulfonamides is 1. The molecule has 0 heterocycles. The van der Waals surface area contributed by atoms with E-state index in [2.05, 4.69) is 5.32 Å². The van der Waals surface area contributed by atoms with Gasteiger partial charge in [0.2, 0.25) is 10.0 Å². The van der Waals surface area contributed by atoms with E-state index in [4.69, 9.17) is 0 Å². The monoisotopic (exact) mass is 316 g/mol. The number of hydrogen-bond donors (Lipinski definition) is 1. The van der Waals surface area contributed by atoms with Crippen molar-refractivity contribution in [1.82, 2.24) is 9.62 Å². The number of rotatable bonds is 7. The average Bonchev–Trinajstić information content (AvgIpc) is 2.43. The van der Waals surface area contributed by atoms with Crippen molar-refractivity contribution < 1.29 is 12.8 Å². The maximum atomic E-state index is 13.8. The first-order chi connectivity index (χ1) is 9.67. The molecule has 0 aromatic heterocycles. The minimum atomic E-state index is -3.49. The molecule has 0 aliphatic rings. The van der Waals surface area contributed by atoms with Crippen LogP contribution < -0.4 is 5.32 Å². The number of nitrogens with zero attached hydrogens (tertiary/aromatic N) is 1. The molecule has 1 aromatic carbocycles. The van der Waals surface area contributed by atoms with Gasteiger partial charge in [0.05, 0.1) is 5.25 Å². The Labute approximate surface area is 127 Å². The van der Waals surface area contributed by atoms with Crippen molar-refractivity contribution in [2.75, 3.05) is 13.6 Å². The Hall–Kier alpha value is -0.980. The van der Waals surface area contributed by atoms with Crippen molar-refractivity contribution in [3.05, 3.63) is 35.6 Å². The van der Waals surface area contributed by atoms with E-state index < -0.39 is 21.3 Å². The highest BCUT2D eigenvalue weighted by molar-refractivity contribution is 7.89. The van der Waals surface area contributed by atoms with Crippen LogP contribution in [0.2, 0.25) is 0 Å². The van der Waals surface area contributed by atoms with Gasteiger partial charge in [-0.3, -0.25) is 0 Å². The molecule has 2 atom stereocenters. The summed E-state index contributed by atoms with van der Waals surface area (Å²) in [6, 6.07) is 5.93. The molecule has 6 heteroatoms. The smallest absolute Gasteiger partial charge is 0.218 e. The lowest BCUT2D eigenvalue weighted by Crippen LogP contribution is -2.42. The summed E-state index contributed by atoms with van der Waals surface area (Å²) in [5, 5.41) is 2.55. The SMILES string of the molecule is CC(C)NCC(C)S(=O)(=O)N(C)C(C)c1ccccc1F. The second-order valence-electron chi connectivity index (χ2n) is 5.63. The van der Waals surface area contributed by atoms with Crippen LogP contribution in [0.5, 0.6) is 0 Å². The molecule has 0 saturated heterocycles. The third kappa shape index (κ3) is 4.49. The van der Waals surface area contributed by atoms with Gasteiger partial charge >= 0.3 is 0 Å². The van der Waals surface area contributed by atoms with Crippen LogP contribution in [0, 0.1) is 5.82 Å². The Morgan fingerprint density at radius 1 is 1.19 bits per heavy atom. The van der Waals surface area contributed by atoms with Crippen LogP contribution in [-0.2, 0) is 10.0 Å².